The minimum absolute atomic E-state index is 0.431. The van der Waals surface area contributed by atoms with Crippen LogP contribution in [0.25, 0.3) is 22.3 Å². The second-order valence-electron chi connectivity index (χ2n) is 6.10. The van der Waals surface area contributed by atoms with Gasteiger partial charge in [-0.15, -0.1) is 0 Å². The lowest BCUT2D eigenvalue weighted by Crippen LogP contribution is -2.01. The predicted molar refractivity (Wildman–Crippen MR) is 100 cm³/mol. The van der Waals surface area contributed by atoms with Crippen LogP contribution in [0.3, 0.4) is 0 Å². The molecule has 3 rings (SSSR count). The second-order valence-corrected chi connectivity index (χ2v) is 6.10. The van der Waals surface area contributed by atoms with Gasteiger partial charge >= 0.3 is 0 Å². The van der Waals surface area contributed by atoms with Gasteiger partial charge in [-0.25, -0.2) is 0 Å². The lowest BCUT2D eigenvalue weighted by molar-refractivity contribution is 0.869. The molecule has 0 amide bonds. The number of benzene rings is 3. The zero-order chi connectivity index (χ0) is 16.4. The summed E-state index contributed by atoms with van der Waals surface area (Å²) in [5, 5.41) is 0. The predicted octanol–water partition coefficient (Wildman–Crippen LogP) is 5.31. The highest BCUT2D eigenvalue weighted by Crippen LogP contribution is 2.39. The van der Waals surface area contributed by atoms with Gasteiger partial charge in [0.25, 0.3) is 0 Å². The molecule has 0 heterocycles. The summed E-state index contributed by atoms with van der Waals surface area (Å²) < 4.78 is 0. The molecule has 0 aliphatic carbocycles. The molecular formula is C21H22N2. The molecule has 0 atom stereocenters. The number of hydrogen-bond donors (Lipinski definition) is 2. The molecule has 2 heteroatoms. The standard InChI is InChI=1S/C21H22N2/c1-14(2)16-10-6-7-11-18(16)19-13-12-17(20(22)21(19)23)15-8-4-3-5-9-15/h3-14H,22-23H2,1-2H3. The highest BCUT2D eigenvalue weighted by molar-refractivity contribution is 5.94. The summed E-state index contributed by atoms with van der Waals surface area (Å²) in [5.74, 6) is 0.431. The first kappa shape index (κ1) is 15.2. The number of nitrogens with two attached hydrogens (primary N) is 2. The van der Waals surface area contributed by atoms with Crippen LogP contribution in [-0.2, 0) is 0 Å². The Morgan fingerprint density at radius 2 is 1.17 bits per heavy atom. The van der Waals surface area contributed by atoms with E-state index in [4.69, 9.17) is 11.5 Å². The van der Waals surface area contributed by atoms with E-state index in [0.717, 1.165) is 22.3 Å². The Balaban J connectivity index is 2.16. The fraction of sp³-hybridized carbons (Fsp3) is 0.143. The van der Waals surface area contributed by atoms with Crippen LogP contribution < -0.4 is 11.5 Å². The van der Waals surface area contributed by atoms with E-state index in [1.54, 1.807) is 0 Å². The number of rotatable bonds is 3. The lowest BCUT2D eigenvalue weighted by atomic mass is 9.90. The SMILES string of the molecule is CC(C)c1ccccc1-c1ccc(-c2ccccc2)c(N)c1N. The third-order valence-electron chi connectivity index (χ3n) is 4.24. The van der Waals surface area contributed by atoms with Crippen LogP contribution in [0.1, 0.15) is 25.3 Å². The highest BCUT2D eigenvalue weighted by atomic mass is 14.7. The van der Waals surface area contributed by atoms with Crippen molar-refractivity contribution in [3.05, 3.63) is 72.3 Å². The Bertz CT molecular complexity index is 821. The molecule has 0 aromatic heterocycles. The van der Waals surface area contributed by atoms with Crippen molar-refractivity contribution in [3.8, 4) is 22.3 Å². The molecule has 0 aliphatic heterocycles. The first-order valence-corrected chi connectivity index (χ1v) is 7.92. The summed E-state index contributed by atoms with van der Waals surface area (Å²) in [6.07, 6.45) is 0. The van der Waals surface area contributed by atoms with Crippen molar-refractivity contribution < 1.29 is 0 Å². The van der Waals surface area contributed by atoms with Gasteiger partial charge in [-0.05, 0) is 22.6 Å². The Hall–Kier alpha value is -2.74. The fourth-order valence-electron chi connectivity index (χ4n) is 2.99. The van der Waals surface area contributed by atoms with E-state index in [2.05, 4.69) is 44.2 Å². The number of anilines is 2. The van der Waals surface area contributed by atoms with Crippen LogP contribution in [0.5, 0.6) is 0 Å². The van der Waals surface area contributed by atoms with Crippen molar-refractivity contribution in [1.82, 2.24) is 0 Å². The van der Waals surface area contributed by atoms with Crippen LogP contribution in [0, 0.1) is 0 Å². The van der Waals surface area contributed by atoms with E-state index in [9.17, 15) is 0 Å². The smallest absolute Gasteiger partial charge is 0.0633 e. The first-order chi connectivity index (χ1) is 11.1. The van der Waals surface area contributed by atoms with Gasteiger partial charge in [-0.1, -0.05) is 80.6 Å². The van der Waals surface area contributed by atoms with Crippen molar-refractivity contribution in [1.29, 1.82) is 0 Å². The van der Waals surface area contributed by atoms with Crippen LogP contribution >= 0.6 is 0 Å². The monoisotopic (exact) mass is 302 g/mol. The van der Waals surface area contributed by atoms with Gasteiger partial charge in [-0.2, -0.15) is 0 Å². The number of nitrogen functional groups attached to an aromatic ring is 2. The molecule has 0 bridgehead atoms. The van der Waals surface area contributed by atoms with Crippen LogP contribution in [0.4, 0.5) is 11.4 Å². The second kappa shape index (κ2) is 6.17. The molecule has 3 aromatic rings. The third-order valence-corrected chi connectivity index (χ3v) is 4.24. The summed E-state index contributed by atoms with van der Waals surface area (Å²) in [4.78, 5) is 0. The van der Waals surface area contributed by atoms with Gasteiger partial charge in [0.2, 0.25) is 0 Å². The normalized spacial score (nSPS) is 10.9. The highest BCUT2D eigenvalue weighted by Gasteiger charge is 2.14. The van der Waals surface area contributed by atoms with Gasteiger partial charge in [-0.3, -0.25) is 0 Å². The molecular weight excluding hydrogens is 280 g/mol. The molecule has 23 heavy (non-hydrogen) atoms. The molecule has 3 aromatic carbocycles. The van der Waals surface area contributed by atoms with Crippen molar-refractivity contribution in [2.75, 3.05) is 11.5 Å². The van der Waals surface area contributed by atoms with Crippen molar-refractivity contribution in [2.45, 2.75) is 19.8 Å². The molecule has 0 fully saturated rings. The average Bonchev–Trinajstić information content (AvgIpc) is 2.58. The quantitative estimate of drug-likeness (QED) is 0.644. The largest absolute Gasteiger partial charge is 0.397 e. The van der Waals surface area contributed by atoms with Gasteiger partial charge in [0.1, 0.15) is 0 Å². The van der Waals surface area contributed by atoms with Gasteiger partial charge in [0.05, 0.1) is 11.4 Å². The number of hydrogen-bond acceptors (Lipinski definition) is 2. The summed E-state index contributed by atoms with van der Waals surface area (Å²) in [5.41, 5.74) is 19.6. The molecule has 0 unspecified atom stereocenters. The fourth-order valence-corrected chi connectivity index (χ4v) is 2.99. The lowest BCUT2D eigenvalue weighted by Gasteiger charge is -2.17. The molecule has 116 valence electrons. The minimum Gasteiger partial charge on any atom is -0.397 e. The molecule has 0 saturated heterocycles. The van der Waals surface area contributed by atoms with E-state index in [0.29, 0.717) is 17.3 Å². The van der Waals surface area contributed by atoms with E-state index in [1.165, 1.54) is 5.56 Å². The third kappa shape index (κ3) is 2.80. The Kier molecular flexibility index (Phi) is 4.07. The van der Waals surface area contributed by atoms with E-state index >= 15 is 0 Å². The zero-order valence-electron chi connectivity index (χ0n) is 13.6. The maximum Gasteiger partial charge on any atom is 0.0633 e. The van der Waals surface area contributed by atoms with Gasteiger partial charge in [0, 0.05) is 11.1 Å². The summed E-state index contributed by atoms with van der Waals surface area (Å²) in [6, 6.07) is 22.6. The summed E-state index contributed by atoms with van der Waals surface area (Å²) in [6.45, 7) is 4.38. The van der Waals surface area contributed by atoms with Crippen LogP contribution in [-0.4, -0.2) is 0 Å². The molecule has 2 nitrogen and oxygen atoms in total. The molecule has 0 saturated carbocycles. The van der Waals surface area contributed by atoms with E-state index < -0.39 is 0 Å². The molecule has 0 aliphatic rings. The van der Waals surface area contributed by atoms with Crippen LogP contribution in [0.15, 0.2) is 66.7 Å². The van der Waals surface area contributed by atoms with E-state index in [-0.39, 0.29) is 0 Å². The van der Waals surface area contributed by atoms with E-state index in [1.807, 2.05) is 36.4 Å². The Morgan fingerprint density at radius 3 is 1.87 bits per heavy atom. The van der Waals surface area contributed by atoms with Crippen molar-refractivity contribution >= 4 is 11.4 Å². The maximum atomic E-state index is 6.40. The summed E-state index contributed by atoms with van der Waals surface area (Å²) >= 11 is 0. The van der Waals surface area contributed by atoms with Crippen LogP contribution in [0.2, 0.25) is 0 Å². The Labute approximate surface area is 137 Å². The van der Waals surface area contributed by atoms with Gasteiger partial charge < -0.3 is 11.5 Å². The minimum atomic E-state index is 0.431. The molecule has 0 radical (unpaired) electrons. The molecule has 0 spiro atoms. The van der Waals surface area contributed by atoms with Crippen molar-refractivity contribution in [3.63, 3.8) is 0 Å². The summed E-state index contributed by atoms with van der Waals surface area (Å²) in [7, 11) is 0. The topological polar surface area (TPSA) is 52.0 Å². The van der Waals surface area contributed by atoms with Gasteiger partial charge in [0.15, 0.2) is 0 Å². The Morgan fingerprint density at radius 1 is 0.609 bits per heavy atom. The first-order valence-electron chi connectivity index (χ1n) is 7.92. The average molecular weight is 302 g/mol. The zero-order valence-corrected chi connectivity index (χ0v) is 13.6. The maximum absolute atomic E-state index is 6.40. The van der Waals surface area contributed by atoms with Crippen molar-refractivity contribution in [2.24, 2.45) is 0 Å². The molecule has 4 N–H and O–H groups in total.